The fourth-order valence-corrected chi connectivity index (χ4v) is 1.92. The summed E-state index contributed by atoms with van der Waals surface area (Å²) < 4.78 is 11.2. The number of hydrogen-bond acceptors (Lipinski definition) is 4. The summed E-state index contributed by atoms with van der Waals surface area (Å²) in [5, 5.41) is 2.60. The second kappa shape index (κ2) is 6.93. The Morgan fingerprint density at radius 1 is 1.29 bits per heavy atom. The Labute approximate surface area is 133 Å². The highest BCUT2D eigenvalue weighted by molar-refractivity contribution is 9.10. The second-order valence-electron chi connectivity index (χ2n) is 5.57. The van der Waals surface area contributed by atoms with Crippen molar-refractivity contribution in [3.8, 4) is 5.75 Å². The third-order valence-electron chi connectivity index (χ3n) is 2.52. The molecular formula is C15H20BrNO4. The van der Waals surface area contributed by atoms with Crippen LogP contribution in [0.4, 0.5) is 0 Å². The first-order valence-electron chi connectivity index (χ1n) is 6.51. The number of ether oxygens (including phenoxy) is 2. The number of carbonyl (C=O) groups is 2. The Morgan fingerprint density at radius 2 is 1.90 bits per heavy atom. The Balaban J connectivity index is 2.79. The lowest BCUT2D eigenvalue weighted by atomic mass is 10.1. The fourth-order valence-electron chi connectivity index (χ4n) is 1.58. The van der Waals surface area contributed by atoms with Crippen LogP contribution in [-0.4, -0.2) is 30.6 Å². The lowest BCUT2D eigenvalue weighted by Gasteiger charge is -2.22. The average molecular weight is 358 g/mol. The van der Waals surface area contributed by atoms with Gasteiger partial charge in [-0.1, -0.05) is 15.9 Å². The van der Waals surface area contributed by atoms with Crippen LogP contribution in [0.2, 0.25) is 0 Å². The largest absolute Gasteiger partial charge is 0.496 e. The number of rotatable bonds is 4. The molecule has 0 radical (unpaired) electrons. The zero-order chi connectivity index (χ0) is 16.2. The van der Waals surface area contributed by atoms with Crippen LogP contribution in [0.3, 0.4) is 0 Å². The van der Waals surface area contributed by atoms with Gasteiger partial charge >= 0.3 is 5.97 Å². The van der Waals surface area contributed by atoms with Gasteiger partial charge in [-0.15, -0.1) is 0 Å². The minimum absolute atomic E-state index is 0.358. The number of carbonyl (C=O) groups excluding carboxylic acids is 2. The van der Waals surface area contributed by atoms with Gasteiger partial charge in [-0.2, -0.15) is 0 Å². The van der Waals surface area contributed by atoms with E-state index in [9.17, 15) is 9.59 Å². The van der Waals surface area contributed by atoms with Crippen LogP contribution < -0.4 is 10.1 Å². The summed E-state index contributed by atoms with van der Waals surface area (Å²) in [5.74, 6) is -0.442. The maximum atomic E-state index is 12.2. The van der Waals surface area contributed by atoms with Gasteiger partial charge in [0, 0.05) is 4.47 Å². The van der Waals surface area contributed by atoms with Crippen molar-refractivity contribution in [3.63, 3.8) is 0 Å². The Bertz CT molecular complexity index is 537. The maximum absolute atomic E-state index is 12.2. The van der Waals surface area contributed by atoms with Gasteiger partial charge in [-0.05, 0) is 45.9 Å². The molecule has 0 spiro atoms. The number of esters is 1. The van der Waals surface area contributed by atoms with Crippen molar-refractivity contribution in [3.05, 3.63) is 28.2 Å². The SMILES string of the molecule is COc1cc(Br)ccc1C(=O)N[C@H](C)C(=O)OC(C)(C)C. The van der Waals surface area contributed by atoms with E-state index in [0.717, 1.165) is 4.47 Å². The van der Waals surface area contributed by atoms with Gasteiger partial charge in [0.15, 0.2) is 0 Å². The Morgan fingerprint density at radius 3 is 2.43 bits per heavy atom. The Kier molecular flexibility index (Phi) is 5.78. The molecule has 0 bridgehead atoms. The second-order valence-corrected chi connectivity index (χ2v) is 6.49. The lowest BCUT2D eigenvalue weighted by Crippen LogP contribution is -2.42. The molecule has 1 aromatic carbocycles. The first-order valence-corrected chi connectivity index (χ1v) is 7.30. The van der Waals surface area contributed by atoms with Crippen LogP contribution in [0.25, 0.3) is 0 Å². The molecule has 5 nitrogen and oxygen atoms in total. The van der Waals surface area contributed by atoms with Crippen LogP contribution in [0.15, 0.2) is 22.7 Å². The van der Waals surface area contributed by atoms with Gasteiger partial charge in [0.2, 0.25) is 0 Å². The molecule has 1 N–H and O–H groups in total. The minimum atomic E-state index is -0.745. The van der Waals surface area contributed by atoms with Gasteiger partial charge in [0.1, 0.15) is 17.4 Å². The van der Waals surface area contributed by atoms with E-state index in [0.29, 0.717) is 11.3 Å². The zero-order valence-electron chi connectivity index (χ0n) is 12.8. The highest BCUT2D eigenvalue weighted by atomic mass is 79.9. The zero-order valence-corrected chi connectivity index (χ0v) is 14.4. The molecule has 0 aliphatic carbocycles. The van der Waals surface area contributed by atoms with E-state index in [1.807, 2.05) is 0 Å². The van der Waals surface area contributed by atoms with Crippen LogP contribution in [0.5, 0.6) is 5.75 Å². The normalized spacial score (nSPS) is 12.5. The van der Waals surface area contributed by atoms with E-state index in [-0.39, 0.29) is 0 Å². The summed E-state index contributed by atoms with van der Waals surface area (Å²) in [5.41, 5.74) is -0.234. The molecule has 1 atom stereocenters. The van der Waals surface area contributed by atoms with E-state index in [4.69, 9.17) is 9.47 Å². The highest BCUT2D eigenvalue weighted by Gasteiger charge is 2.24. The van der Waals surface area contributed by atoms with Gasteiger partial charge in [-0.25, -0.2) is 4.79 Å². The third-order valence-corrected chi connectivity index (χ3v) is 3.01. The van der Waals surface area contributed by atoms with Crippen LogP contribution in [0.1, 0.15) is 38.1 Å². The number of methoxy groups -OCH3 is 1. The number of nitrogens with one attached hydrogen (secondary N) is 1. The van der Waals surface area contributed by atoms with E-state index < -0.39 is 23.5 Å². The summed E-state index contributed by atoms with van der Waals surface area (Å²) in [7, 11) is 1.48. The molecule has 0 fully saturated rings. The number of amides is 1. The van der Waals surface area contributed by atoms with Crippen LogP contribution >= 0.6 is 15.9 Å². The van der Waals surface area contributed by atoms with E-state index in [1.165, 1.54) is 7.11 Å². The van der Waals surface area contributed by atoms with Crippen LogP contribution in [-0.2, 0) is 9.53 Å². The summed E-state index contributed by atoms with van der Waals surface area (Å²) in [6, 6.07) is 4.30. The highest BCUT2D eigenvalue weighted by Crippen LogP contribution is 2.23. The molecule has 0 saturated carbocycles. The molecule has 0 aliphatic heterocycles. The molecule has 0 unspecified atom stereocenters. The first-order chi connectivity index (χ1) is 9.64. The molecular weight excluding hydrogens is 338 g/mol. The molecule has 1 amide bonds. The van der Waals surface area contributed by atoms with E-state index in [2.05, 4.69) is 21.2 Å². The maximum Gasteiger partial charge on any atom is 0.328 e. The van der Waals surface area contributed by atoms with Crippen molar-refractivity contribution in [2.45, 2.75) is 39.3 Å². The fraction of sp³-hybridized carbons (Fsp3) is 0.467. The Hall–Kier alpha value is -1.56. The molecule has 6 heteroatoms. The minimum Gasteiger partial charge on any atom is -0.496 e. The monoisotopic (exact) mass is 357 g/mol. The summed E-state index contributed by atoms with van der Waals surface area (Å²) in [6.45, 7) is 6.91. The molecule has 0 aliphatic rings. The van der Waals surface area contributed by atoms with Gasteiger partial charge < -0.3 is 14.8 Å². The molecule has 1 aromatic rings. The molecule has 116 valence electrons. The summed E-state index contributed by atoms with van der Waals surface area (Å²) >= 11 is 3.31. The summed E-state index contributed by atoms with van der Waals surface area (Å²) in [6.07, 6.45) is 0. The van der Waals surface area contributed by atoms with Gasteiger partial charge in [-0.3, -0.25) is 4.79 Å². The number of halogens is 1. The lowest BCUT2D eigenvalue weighted by molar-refractivity contribution is -0.156. The predicted octanol–water partition coefficient (Wildman–Crippen LogP) is 2.92. The van der Waals surface area contributed by atoms with Crippen molar-refractivity contribution in [2.75, 3.05) is 7.11 Å². The van der Waals surface area contributed by atoms with E-state index in [1.54, 1.807) is 45.9 Å². The molecule has 21 heavy (non-hydrogen) atoms. The molecule has 0 heterocycles. The smallest absolute Gasteiger partial charge is 0.328 e. The average Bonchev–Trinajstić information content (AvgIpc) is 2.36. The van der Waals surface area contributed by atoms with Crippen molar-refractivity contribution < 1.29 is 19.1 Å². The van der Waals surface area contributed by atoms with Crippen molar-refractivity contribution in [2.24, 2.45) is 0 Å². The molecule has 0 aromatic heterocycles. The standard InChI is InChI=1S/C15H20BrNO4/c1-9(14(19)21-15(2,3)4)17-13(18)11-7-6-10(16)8-12(11)20-5/h6-9H,1-5H3,(H,17,18)/t9-/m1/s1. The van der Waals surface area contributed by atoms with Crippen molar-refractivity contribution in [1.29, 1.82) is 0 Å². The number of benzene rings is 1. The quantitative estimate of drug-likeness (QED) is 0.841. The summed E-state index contributed by atoms with van der Waals surface area (Å²) in [4.78, 5) is 24.1. The topological polar surface area (TPSA) is 64.6 Å². The van der Waals surface area contributed by atoms with E-state index >= 15 is 0 Å². The molecule has 1 rings (SSSR count). The predicted molar refractivity (Wildman–Crippen MR) is 83.5 cm³/mol. The van der Waals surface area contributed by atoms with Crippen molar-refractivity contribution in [1.82, 2.24) is 5.32 Å². The van der Waals surface area contributed by atoms with Crippen molar-refractivity contribution >= 4 is 27.8 Å². The third kappa shape index (κ3) is 5.38. The first kappa shape index (κ1) is 17.5. The van der Waals surface area contributed by atoms with Gasteiger partial charge in [0.05, 0.1) is 12.7 Å². The number of hydrogen-bond donors (Lipinski definition) is 1. The van der Waals surface area contributed by atoms with Gasteiger partial charge in [0.25, 0.3) is 5.91 Å². The van der Waals surface area contributed by atoms with Crippen LogP contribution in [0, 0.1) is 0 Å². The molecule has 0 saturated heterocycles.